The molecule has 0 radical (unpaired) electrons. The molecule has 10 heteroatoms. The number of ether oxygens (including phenoxy) is 1. The number of carbonyl (C=O) groups excluding carboxylic acids is 1. The molecule has 9 nitrogen and oxygen atoms in total. The smallest absolute Gasteiger partial charge is 0.328 e. The van der Waals surface area contributed by atoms with Gasteiger partial charge < -0.3 is 14.6 Å². The zero-order valence-corrected chi connectivity index (χ0v) is 18.9. The van der Waals surface area contributed by atoms with Crippen molar-refractivity contribution in [1.82, 2.24) is 23.9 Å². The number of para-hydroxylation sites is 1. The fourth-order valence-electron chi connectivity index (χ4n) is 3.43. The lowest BCUT2D eigenvalue weighted by Crippen LogP contribution is -2.19. The van der Waals surface area contributed by atoms with Crippen LogP contribution in [-0.2, 0) is 32.0 Å². The van der Waals surface area contributed by atoms with Gasteiger partial charge in [-0.1, -0.05) is 30.0 Å². The first-order valence-electron chi connectivity index (χ1n) is 10.2. The quantitative estimate of drug-likeness (QED) is 0.413. The highest BCUT2D eigenvalue weighted by molar-refractivity contribution is 7.99. The molecule has 2 aromatic carbocycles. The van der Waals surface area contributed by atoms with E-state index in [1.54, 1.807) is 35.4 Å². The number of thioether (sulfide) groups is 1. The number of benzene rings is 2. The summed E-state index contributed by atoms with van der Waals surface area (Å²) in [6.45, 7) is 2.97. The highest BCUT2D eigenvalue weighted by Gasteiger charge is 2.15. The molecule has 0 unspecified atom stereocenters. The van der Waals surface area contributed by atoms with E-state index in [0.717, 1.165) is 16.8 Å². The molecule has 2 aromatic heterocycles. The van der Waals surface area contributed by atoms with Crippen molar-refractivity contribution < 1.29 is 9.53 Å². The number of carbonyl (C=O) groups is 1. The molecule has 2 heterocycles. The van der Waals surface area contributed by atoms with E-state index < -0.39 is 0 Å². The molecule has 4 rings (SSSR count). The number of nitrogens with one attached hydrogen (secondary N) is 1. The molecule has 1 amide bonds. The van der Waals surface area contributed by atoms with Crippen LogP contribution in [0.25, 0.3) is 11.0 Å². The Kier molecular flexibility index (Phi) is 6.31. The van der Waals surface area contributed by atoms with Crippen molar-refractivity contribution in [2.24, 2.45) is 14.1 Å². The first kappa shape index (κ1) is 21.7. The lowest BCUT2D eigenvalue weighted by atomic mass is 10.2. The zero-order chi connectivity index (χ0) is 22.7. The number of rotatable bonds is 8. The fraction of sp³-hybridized carbons (Fsp3) is 0.273. The number of hydrogen-bond acceptors (Lipinski definition) is 6. The fourth-order valence-corrected chi connectivity index (χ4v) is 4.25. The Morgan fingerprint density at radius 3 is 2.56 bits per heavy atom. The van der Waals surface area contributed by atoms with Crippen LogP contribution in [0, 0.1) is 0 Å². The van der Waals surface area contributed by atoms with E-state index in [2.05, 4.69) is 15.5 Å². The Labute approximate surface area is 189 Å². The maximum absolute atomic E-state index is 12.5. The molecular weight excluding hydrogens is 428 g/mol. The van der Waals surface area contributed by atoms with Crippen molar-refractivity contribution in [2.75, 3.05) is 11.1 Å². The lowest BCUT2D eigenvalue weighted by Gasteiger charge is -2.09. The lowest BCUT2D eigenvalue weighted by molar-refractivity contribution is -0.113. The maximum Gasteiger partial charge on any atom is 0.328 e. The third-order valence-electron chi connectivity index (χ3n) is 5.11. The van der Waals surface area contributed by atoms with Crippen LogP contribution in [0.15, 0.2) is 58.5 Å². The Bertz CT molecular complexity index is 1310. The molecule has 0 aliphatic heterocycles. The Balaban J connectivity index is 1.38. The Hall–Kier alpha value is -3.53. The standard InChI is InChI=1S/C22H24N6O3S/c1-4-28-19(13-31-16-8-6-5-7-9-16)24-25-21(28)32-14-20(29)23-15-10-11-17-18(12-15)27(3)22(30)26(17)2/h5-12H,4,13-14H2,1-3H3,(H,23,29). The summed E-state index contributed by atoms with van der Waals surface area (Å²) in [7, 11) is 3.44. The number of nitrogens with zero attached hydrogens (tertiary/aromatic N) is 5. The van der Waals surface area contributed by atoms with Crippen LogP contribution in [0.5, 0.6) is 5.75 Å². The number of imidazole rings is 1. The molecule has 0 fully saturated rings. The topological polar surface area (TPSA) is 96.0 Å². The number of fused-ring (bicyclic) bond motifs is 1. The van der Waals surface area contributed by atoms with Gasteiger partial charge in [0.2, 0.25) is 5.91 Å². The normalized spacial score (nSPS) is 11.1. The summed E-state index contributed by atoms with van der Waals surface area (Å²) in [6, 6.07) is 14.9. The monoisotopic (exact) mass is 452 g/mol. The van der Waals surface area contributed by atoms with Gasteiger partial charge in [-0.3, -0.25) is 13.9 Å². The van der Waals surface area contributed by atoms with Gasteiger partial charge in [-0.05, 0) is 37.3 Å². The summed E-state index contributed by atoms with van der Waals surface area (Å²) in [5, 5.41) is 12.0. The van der Waals surface area contributed by atoms with Gasteiger partial charge in [0, 0.05) is 26.3 Å². The largest absolute Gasteiger partial charge is 0.486 e. The van der Waals surface area contributed by atoms with Gasteiger partial charge in [0.15, 0.2) is 11.0 Å². The number of aromatic nitrogens is 5. The van der Waals surface area contributed by atoms with Gasteiger partial charge in [-0.2, -0.15) is 0 Å². The average molecular weight is 453 g/mol. The van der Waals surface area contributed by atoms with Crippen molar-refractivity contribution in [1.29, 1.82) is 0 Å². The second-order valence-corrected chi connectivity index (χ2v) is 8.13. The summed E-state index contributed by atoms with van der Waals surface area (Å²) >= 11 is 1.32. The van der Waals surface area contributed by atoms with Crippen molar-refractivity contribution in [3.63, 3.8) is 0 Å². The van der Waals surface area contributed by atoms with E-state index in [1.807, 2.05) is 47.9 Å². The third kappa shape index (κ3) is 4.40. The Morgan fingerprint density at radius 1 is 1.06 bits per heavy atom. The highest BCUT2D eigenvalue weighted by atomic mass is 32.2. The number of aryl methyl sites for hydroxylation is 2. The van der Waals surface area contributed by atoms with Crippen LogP contribution >= 0.6 is 11.8 Å². The van der Waals surface area contributed by atoms with E-state index in [9.17, 15) is 9.59 Å². The van der Waals surface area contributed by atoms with Gasteiger partial charge >= 0.3 is 5.69 Å². The molecule has 4 aromatic rings. The van der Waals surface area contributed by atoms with Gasteiger partial charge in [0.25, 0.3) is 0 Å². The van der Waals surface area contributed by atoms with Gasteiger partial charge in [0.05, 0.1) is 16.8 Å². The molecule has 0 saturated carbocycles. The van der Waals surface area contributed by atoms with Crippen molar-refractivity contribution in [3.8, 4) is 5.75 Å². The van der Waals surface area contributed by atoms with Gasteiger partial charge in [0.1, 0.15) is 12.4 Å². The van der Waals surface area contributed by atoms with Crippen LogP contribution in [0.4, 0.5) is 5.69 Å². The summed E-state index contributed by atoms with van der Waals surface area (Å²) in [5.74, 6) is 1.49. The molecule has 0 atom stereocenters. The van der Waals surface area contributed by atoms with Crippen molar-refractivity contribution >= 4 is 34.4 Å². The molecular formula is C22H24N6O3S. The van der Waals surface area contributed by atoms with E-state index in [1.165, 1.54) is 11.8 Å². The van der Waals surface area contributed by atoms with Crippen LogP contribution < -0.4 is 15.7 Å². The molecule has 0 saturated heterocycles. The van der Waals surface area contributed by atoms with Crippen molar-refractivity contribution in [2.45, 2.75) is 25.2 Å². The number of amides is 1. The predicted molar refractivity (Wildman–Crippen MR) is 124 cm³/mol. The van der Waals surface area contributed by atoms with Crippen LogP contribution in [0.2, 0.25) is 0 Å². The molecule has 0 spiro atoms. The van der Waals surface area contributed by atoms with Crippen LogP contribution in [0.1, 0.15) is 12.7 Å². The van der Waals surface area contributed by atoms with Crippen molar-refractivity contribution in [3.05, 3.63) is 64.8 Å². The minimum absolute atomic E-state index is 0.106. The van der Waals surface area contributed by atoms with E-state index in [-0.39, 0.29) is 17.3 Å². The SMILES string of the molecule is CCn1c(COc2ccccc2)nnc1SCC(=O)Nc1ccc2c(c1)n(C)c(=O)n2C. The maximum atomic E-state index is 12.5. The minimum atomic E-state index is -0.164. The summed E-state index contributed by atoms with van der Waals surface area (Å²) in [5.41, 5.74) is 2.10. The van der Waals surface area contributed by atoms with E-state index >= 15 is 0 Å². The second-order valence-electron chi connectivity index (χ2n) is 7.19. The van der Waals surface area contributed by atoms with Gasteiger partial charge in [-0.15, -0.1) is 10.2 Å². The molecule has 0 aliphatic rings. The number of anilines is 1. The number of hydrogen-bond donors (Lipinski definition) is 1. The minimum Gasteiger partial charge on any atom is -0.486 e. The summed E-state index contributed by atoms with van der Waals surface area (Å²) in [6.07, 6.45) is 0. The zero-order valence-electron chi connectivity index (χ0n) is 18.1. The summed E-state index contributed by atoms with van der Waals surface area (Å²) in [4.78, 5) is 24.6. The summed E-state index contributed by atoms with van der Waals surface area (Å²) < 4.78 is 10.8. The molecule has 166 valence electrons. The Morgan fingerprint density at radius 2 is 1.81 bits per heavy atom. The second kappa shape index (κ2) is 9.31. The third-order valence-corrected chi connectivity index (χ3v) is 6.08. The van der Waals surface area contributed by atoms with E-state index in [4.69, 9.17) is 4.74 Å². The first-order chi connectivity index (χ1) is 15.5. The molecule has 0 bridgehead atoms. The van der Waals surface area contributed by atoms with E-state index in [0.29, 0.717) is 29.8 Å². The molecule has 1 N–H and O–H groups in total. The first-order valence-corrected chi connectivity index (χ1v) is 11.1. The molecule has 0 aliphatic carbocycles. The van der Waals surface area contributed by atoms with Crippen LogP contribution in [0.3, 0.4) is 0 Å². The predicted octanol–water partition coefficient (Wildman–Crippen LogP) is 2.80. The average Bonchev–Trinajstić information content (AvgIpc) is 3.30. The highest BCUT2D eigenvalue weighted by Crippen LogP contribution is 2.21. The van der Waals surface area contributed by atoms with Crippen LogP contribution in [-0.4, -0.2) is 35.6 Å². The van der Waals surface area contributed by atoms with Gasteiger partial charge in [-0.25, -0.2) is 4.79 Å². The molecule has 32 heavy (non-hydrogen) atoms.